The third-order valence-corrected chi connectivity index (χ3v) is 6.58. The minimum Gasteiger partial charge on any atom is -0.490 e. The summed E-state index contributed by atoms with van der Waals surface area (Å²) < 4.78 is 27.7. The Balaban J connectivity index is 1.96. The second-order valence-electron chi connectivity index (χ2n) is 9.44. The summed E-state index contributed by atoms with van der Waals surface area (Å²) in [5.41, 5.74) is 7.16. The first-order valence-electron chi connectivity index (χ1n) is 13.0. The Bertz CT molecular complexity index is 1000. The first-order chi connectivity index (χ1) is 18.7. The predicted octanol–water partition coefficient (Wildman–Crippen LogP) is 4.85. The van der Waals surface area contributed by atoms with Crippen molar-refractivity contribution in [1.29, 1.82) is 0 Å². The normalized spacial score (nSPS) is 12.9. The summed E-state index contributed by atoms with van der Waals surface area (Å²) in [6.45, 7) is 7.28. The molecule has 0 saturated heterocycles. The molecule has 0 radical (unpaired) electrons. The quantitative estimate of drug-likeness (QED) is 0.151. The van der Waals surface area contributed by atoms with Crippen LogP contribution in [0.3, 0.4) is 0 Å². The highest BCUT2D eigenvalue weighted by Crippen LogP contribution is 2.33. The van der Waals surface area contributed by atoms with E-state index in [1.807, 2.05) is 48.5 Å². The maximum absolute atomic E-state index is 11.7. The molecule has 2 unspecified atom stereocenters. The van der Waals surface area contributed by atoms with Crippen LogP contribution in [0.15, 0.2) is 48.5 Å². The molecule has 2 atom stereocenters. The van der Waals surface area contributed by atoms with Crippen molar-refractivity contribution in [3.05, 3.63) is 59.7 Å². The fourth-order valence-corrected chi connectivity index (χ4v) is 3.83. The Kier molecular flexibility index (Phi) is 14.4. The van der Waals surface area contributed by atoms with Crippen LogP contribution in [0.1, 0.15) is 44.7 Å². The summed E-state index contributed by atoms with van der Waals surface area (Å²) >= 11 is 11.4. The molecule has 39 heavy (non-hydrogen) atoms. The topological polar surface area (TPSA) is 106 Å². The Morgan fingerprint density at radius 1 is 0.821 bits per heavy atom. The third kappa shape index (κ3) is 11.2. The summed E-state index contributed by atoms with van der Waals surface area (Å²) in [5, 5.41) is 0. The summed E-state index contributed by atoms with van der Waals surface area (Å²) in [5.74, 6) is 0.155. The van der Waals surface area contributed by atoms with Crippen LogP contribution in [-0.4, -0.2) is 68.9 Å². The number of hydrogen-bond acceptors (Lipinski definition) is 8. The summed E-state index contributed by atoms with van der Waals surface area (Å²) in [7, 11) is 0. The lowest BCUT2D eigenvalue weighted by Gasteiger charge is -2.27. The number of nitrogens with two attached hydrogens (primary N) is 1. The number of ether oxygens (including phenoxy) is 5. The molecular formula is C29H39Cl2NO7. The van der Waals surface area contributed by atoms with Gasteiger partial charge in [-0.05, 0) is 41.8 Å². The first-order valence-corrected chi connectivity index (χ1v) is 14.1. The second kappa shape index (κ2) is 17.2. The van der Waals surface area contributed by atoms with E-state index in [9.17, 15) is 9.59 Å². The molecule has 0 bridgehead atoms. The number of halogens is 2. The zero-order valence-corrected chi connectivity index (χ0v) is 24.3. The average Bonchev–Trinajstić information content (AvgIpc) is 2.96. The Labute approximate surface area is 241 Å². The van der Waals surface area contributed by atoms with E-state index in [0.29, 0.717) is 18.1 Å². The average molecular weight is 585 g/mol. The number of rotatable bonds is 18. The van der Waals surface area contributed by atoms with Crippen LogP contribution >= 0.6 is 23.2 Å². The van der Waals surface area contributed by atoms with Gasteiger partial charge < -0.3 is 29.4 Å². The van der Waals surface area contributed by atoms with Crippen molar-refractivity contribution < 1.29 is 33.3 Å². The lowest BCUT2D eigenvalue weighted by Crippen LogP contribution is -2.30. The minimum absolute atomic E-state index is 0.114. The van der Waals surface area contributed by atoms with E-state index in [4.69, 9.17) is 52.6 Å². The second-order valence-corrected chi connectivity index (χ2v) is 10.0. The molecular weight excluding hydrogens is 545 g/mol. The van der Waals surface area contributed by atoms with Crippen LogP contribution in [0.2, 0.25) is 0 Å². The molecule has 0 saturated carbocycles. The highest BCUT2D eigenvalue weighted by atomic mass is 35.5. The van der Waals surface area contributed by atoms with Gasteiger partial charge in [0.2, 0.25) is 0 Å². The lowest BCUT2D eigenvalue weighted by molar-refractivity contribution is -0.151. The van der Waals surface area contributed by atoms with Gasteiger partial charge in [-0.15, -0.1) is 23.2 Å². The van der Waals surface area contributed by atoms with Gasteiger partial charge in [-0.2, -0.15) is 0 Å². The largest absolute Gasteiger partial charge is 0.490 e. The number of unbranched alkanes of at least 4 members (excludes halogenated alkanes) is 1. The van der Waals surface area contributed by atoms with Crippen molar-refractivity contribution in [2.24, 2.45) is 5.73 Å². The molecule has 0 spiro atoms. The van der Waals surface area contributed by atoms with Crippen molar-refractivity contribution in [1.82, 2.24) is 0 Å². The molecule has 0 aliphatic carbocycles. The summed E-state index contributed by atoms with van der Waals surface area (Å²) in [6, 6.07) is 15.5. The van der Waals surface area contributed by atoms with E-state index in [-0.39, 0.29) is 43.5 Å². The van der Waals surface area contributed by atoms with E-state index in [1.54, 1.807) is 0 Å². The van der Waals surface area contributed by atoms with E-state index in [2.05, 4.69) is 20.8 Å². The molecule has 0 amide bonds. The SMILES string of the molecule is CCCCOCC(COc1ccc(C(C)(C)c2ccc(OCC(CCl)OC(=O)CN)cc2)cc1)OC(=O)CCl. The fraction of sp³-hybridized carbons (Fsp3) is 0.517. The van der Waals surface area contributed by atoms with Crippen molar-refractivity contribution in [2.75, 3.05) is 44.7 Å². The molecule has 0 fully saturated rings. The van der Waals surface area contributed by atoms with E-state index < -0.39 is 24.1 Å². The van der Waals surface area contributed by atoms with Gasteiger partial charge in [-0.25, -0.2) is 0 Å². The van der Waals surface area contributed by atoms with Gasteiger partial charge in [0.15, 0.2) is 6.10 Å². The van der Waals surface area contributed by atoms with Gasteiger partial charge in [-0.3, -0.25) is 9.59 Å². The fourth-order valence-electron chi connectivity index (χ4n) is 3.62. The smallest absolute Gasteiger partial charge is 0.321 e. The maximum atomic E-state index is 11.7. The van der Waals surface area contributed by atoms with Crippen LogP contribution in [0.25, 0.3) is 0 Å². The maximum Gasteiger partial charge on any atom is 0.321 e. The molecule has 2 aromatic carbocycles. The zero-order chi connectivity index (χ0) is 28.7. The van der Waals surface area contributed by atoms with Gasteiger partial charge in [0.1, 0.15) is 36.7 Å². The van der Waals surface area contributed by atoms with Crippen LogP contribution in [-0.2, 0) is 29.2 Å². The monoisotopic (exact) mass is 583 g/mol. The lowest BCUT2D eigenvalue weighted by atomic mass is 9.78. The van der Waals surface area contributed by atoms with Gasteiger partial charge >= 0.3 is 11.9 Å². The molecule has 2 N–H and O–H groups in total. The highest BCUT2D eigenvalue weighted by molar-refractivity contribution is 6.26. The minimum atomic E-state index is -0.573. The third-order valence-electron chi connectivity index (χ3n) is 6.01. The standard InChI is InChI=1S/C29H39Cl2NO7/c1-4-5-14-35-18-26(39-27(33)16-31)20-37-24-12-8-22(9-13-24)29(2,3)21-6-10-23(11-7-21)36-19-25(15-30)38-28(34)17-32/h6-13,25-26H,4-5,14-20,32H2,1-3H3. The highest BCUT2D eigenvalue weighted by Gasteiger charge is 2.24. The van der Waals surface area contributed by atoms with Crippen molar-refractivity contribution >= 4 is 35.1 Å². The molecule has 8 nitrogen and oxygen atoms in total. The van der Waals surface area contributed by atoms with Crippen LogP contribution < -0.4 is 15.2 Å². The number of benzene rings is 2. The predicted molar refractivity (Wildman–Crippen MR) is 152 cm³/mol. The van der Waals surface area contributed by atoms with Gasteiger partial charge in [0.05, 0.1) is 19.0 Å². The molecule has 2 rings (SSSR count). The van der Waals surface area contributed by atoms with Crippen LogP contribution in [0.4, 0.5) is 0 Å². The number of hydrogen-bond donors (Lipinski definition) is 1. The van der Waals surface area contributed by atoms with Crippen molar-refractivity contribution in [3.8, 4) is 11.5 Å². The van der Waals surface area contributed by atoms with E-state index in [0.717, 1.165) is 24.0 Å². The van der Waals surface area contributed by atoms with Gasteiger partial charge in [0, 0.05) is 12.0 Å². The zero-order valence-electron chi connectivity index (χ0n) is 22.8. The summed E-state index contributed by atoms with van der Waals surface area (Å²) in [6.07, 6.45) is 0.838. The first kappa shape index (κ1) is 32.7. The molecule has 0 aromatic heterocycles. The van der Waals surface area contributed by atoms with Gasteiger partial charge in [0.25, 0.3) is 0 Å². The molecule has 2 aromatic rings. The Hall–Kier alpha value is -2.52. The van der Waals surface area contributed by atoms with Crippen molar-refractivity contribution in [3.63, 3.8) is 0 Å². The molecule has 216 valence electrons. The number of esters is 2. The van der Waals surface area contributed by atoms with Crippen LogP contribution in [0, 0.1) is 0 Å². The van der Waals surface area contributed by atoms with Crippen LogP contribution in [0.5, 0.6) is 11.5 Å². The van der Waals surface area contributed by atoms with E-state index in [1.165, 1.54) is 0 Å². The number of carbonyl (C=O) groups is 2. The number of alkyl halides is 2. The van der Waals surface area contributed by atoms with Crippen molar-refractivity contribution in [2.45, 2.75) is 51.2 Å². The Morgan fingerprint density at radius 2 is 1.33 bits per heavy atom. The molecule has 0 heterocycles. The molecule has 10 heteroatoms. The van der Waals surface area contributed by atoms with Gasteiger partial charge in [-0.1, -0.05) is 51.5 Å². The summed E-state index contributed by atoms with van der Waals surface area (Å²) in [4.78, 5) is 23.0. The number of carbonyl (C=O) groups excluding carboxylic acids is 2. The van der Waals surface area contributed by atoms with E-state index >= 15 is 0 Å². The molecule has 0 aliphatic rings. The Morgan fingerprint density at radius 3 is 1.79 bits per heavy atom. The molecule has 0 aliphatic heterocycles.